The number of nitrogens with zero attached hydrogens (tertiary/aromatic N) is 1. The van der Waals surface area contributed by atoms with Crippen LogP contribution < -0.4 is 10.6 Å². The van der Waals surface area contributed by atoms with Crippen LogP contribution >= 0.6 is 27.3 Å². The first kappa shape index (κ1) is 21.0. The van der Waals surface area contributed by atoms with Crippen molar-refractivity contribution in [1.82, 2.24) is 10.2 Å². The van der Waals surface area contributed by atoms with Crippen molar-refractivity contribution in [1.29, 1.82) is 0 Å². The second-order valence-corrected chi connectivity index (χ2v) is 9.09. The van der Waals surface area contributed by atoms with Crippen LogP contribution in [0.5, 0.6) is 0 Å². The van der Waals surface area contributed by atoms with Gasteiger partial charge in [0.05, 0.1) is 12.2 Å². The molecule has 150 valence electrons. The minimum atomic E-state index is -0.0246. The average molecular weight is 464 g/mol. The molecule has 0 aliphatic carbocycles. The Morgan fingerprint density at radius 3 is 2.71 bits per heavy atom. The second-order valence-electron chi connectivity index (χ2n) is 7.20. The number of benzene rings is 1. The summed E-state index contributed by atoms with van der Waals surface area (Å²) in [6, 6.07) is 9.99. The van der Waals surface area contributed by atoms with Crippen LogP contribution in [0.25, 0.3) is 0 Å². The van der Waals surface area contributed by atoms with Gasteiger partial charge in [0.15, 0.2) is 0 Å². The lowest BCUT2D eigenvalue weighted by atomic mass is 9.96. The second kappa shape index (κ2) is 10.2. The van der Waals surface area contributed by atoms with E-state index in [2.05, 4.69) is 42.9 Å². The maximum atomic E-state index is 12.4. The Labute approximate surface area is 178 Å². The monoisotopic (exact) mass is 463 g/mol. The molecule has 28 heavy (non-hydrogen) atoms. The highest BCUT2D eigenvalue weighted by molar-refractivity contribution is 9.10. The van der Waals surface area contributed by atoms with Crippen molar-refractivity contribution in [3.63, 3.8) is 0 Å². The van der Waals surface area contributed by atoms with Gasteiger partial charge >= 0.3 is 0 Å². The number of rotatable bonds is 7. The van der Waals surface area contributed by atoms with Crippen molar-refractivity contribution in [2.24, 2.45) is 5.92 Å². The maximum absolute atomic E-state index is 12.4. The van der Waals surface area contributed by atoms with E-state index in [1.165, 1.54) is 4.88 Å². The first-order valence-electron chi connectivity index (χ1n) is 9.59. The lowest BCUT2D eigenvalue weighted by Crippen LogP contribution is -2.43. The van der Waals surface area contributed by atoms with Gasteiger partial charge in [-0.25, -0.2) is 0 Å². The van der Waals surface area contributed by atoms with Crippen LogP contribution in [0, 0.1) is 12.8 Å². The van der Waals surface area contributed by atoms with Crippen molar-refractivity contribution in [2.45, 2.75) is 26.2 Å². The van der Waals surface area contributed by atoms with Crippen LogP contribution in [0.4, 0.5) is 5.69 Å². The molecule has 0 saturated carbocycles. The van der Waals surface area contributed by atoms with Crippen LogP contribution in [0.15, 0.2) is 40.2 Å². The third-order valence-corrected chi connectivity index (χ3v) is 6.57. The number of thiophene rings is 1. The molecule has 1 aromatic heterocycles. The fourth-order valence-electron chi connectivity index (χ4n) is 3.38. The summed E-state index contributed by atoms with van der Waals surface area (Å²) in [4.78, 5) is 28.1. The highest BCUT2D eigenvalue weighted by atomic mass is 79.9. The molecule has 2 heterocycles. The normalized spacial score (nSPS) is 15.4. The molecule has 0 bridgehead atoms. The molecule has 7 heteroatoms. The lowest BCUT2D eigenvalue weighted by molar-refractivity contribution is -0.126. The molecular formula is C21H26BrN3O2S. The first-order chi connectivity index (χ1) is 13.5. The lowest BCUT2D eigenvalue weighted by Gasteiger charge is -2.30. The molecule has 5 nitrogen and oxygen atoms in total. The third-order valence-electron chi connectivity index (χ3n) is 4.97. The smallest absolute Gasteiger partial charge is 0.238 e. The van der Waals surface area contributed by atoms with E-state index >= 15 is 0 Å². The van der Waals surface area contributed by atoms with E-state index in [1.807, 2.05) is 31.2 Å². The van der Waals surface area contributed by atoms with Crippen molar-refractivity contribution in [3.05, 3.63) is 50.6 Å². The molecule has 0 unspecified atom stereocenters. The number of hydrogen-bond donors (Lipinski definition) is 2. The third kappa shape index (κ3) is 6.15. The number of piperidine rings is 1. The zero-order valence-electron chi connectivity index (χ0n) is 16.0. The van der Waals surface area contributed by atoms with E-state index in [1.54, 1.807) is 11.3 Å². The standard InChI is InChI=1S/C21H26BrN3O2S/c1-15-4-5-19(18(22)13-15)24-20(26)14-25-10-7-16(8-11-25)21(27)23-9-6-17-3-2-12-28-17/h2-5,12-13,16H,6-11,14H2,1H3,(H,23,27)(H,24,26). The van der Waals surface area contributed by atoms with E-state index in [4.69, 9.17) is 0 Å². The van der Waals surface area contributed by atoms with Crippen LogP contribution in [-0.4, -0.2) is 42.9 Å². The molecule has 2 N–H and O–H groups in total. The minimum absolute atomic E-state index is 0.0246. The molecule has 0 radical (unpaired) electrons. The Bertz CT molecular complexity index is 802. The minimum Gasteiger partial charge on any atom is -0.355 e. The number of likely N-dealkylation sites (tertiary alicyclic amines) is 1. The van der Waals surface area contributed by atoms with Gasteiger partial charge in [0.1, 0.15) is 0 Å². The summed E-state index contributed by atoms with van der Waals surface area (Å²) in [7, 11) is 0. The predicted molar refractivity (Wildman–Crippen MR) is 118 cm³/mol. The SMILES string of the molecule is Cc1ccc(NC(=O)CN2CCC(C(=O)NCCc3cccs3)CC2)c(Br)c1. The predicted octanol–water partition coefficient (Wildman–Crippen LogP) is 3.83. The van der Waals surface area contributed by atoms with Gasteiger partial charge in [0.25, 0.3) is 0 Å². The Hall–Kier alpha value is -1.70. The van der Waals surface area contributed by atoms with Gasteiger partial charge in [-0.1, -0.05) is 12.1 Å². The zero-order valence-corrected chi connectivity index (χ0v) is 18.4. The van der Waals surface area contributed by atoms with Crippen LogP contribution in [-0.2, 0) is 16.0 Å². The van der Waals surface area contributed by atoms with Crippen LogP contribution in [0.1, 0.15) is 23.3 Å². The number of amides is 2. The van der Waals surface area contributed by atoms with Gasteiger partial charge in [0.2, 0.25) is 11.8 Å². The zero-order chi connectivity index (χ0) is 19.9. The Balaban J connectivity index is 1.37. The molecule has 0 spiro atoms. The van der Waals surface area contributed by atoms with Gasteiger partial charge in [-0.15, -0.1) is 11.3 Å². The highest BCUT2D eigenvalue weighted by Gasteiger charge is 2.25. The Morgan fingerprint density at radius 1 is 1.25 bits per heavy atom. The fraction of sp³-hybridized carbons (Fsp3) is 0.429. The van der Waals surface area contributed by atoms with Crippen molar-refractivity contribution in [2.75, 3.05) is 31.5 Å². The fourth-order valence-corrected chi connectivity index (χ4v) is 4.68. The summed E-state index contributed by atoms with van der Waals surface area (Å²) >= 11 is 5.20. The largest absolute Gasteiger partial charge is 0.355 e. The maximum Gasteiger partial charge on any atom is 0.238 e. The molecule has 2 amide bonds. The number of halogens is 1. The number of carbonyl (C=O) groups is 2. The number of aryl methyl sites for hydroxylation is 1. The summed E-state index contributed by atoms with van der Waals surface area (Å²) in [5, 5.41) is 8.06. The number of carbonyl (C=O) groups excluding carboxylic acids is 2. The average Bonchev–Trinajstić information content (AvgIpc) is 3.18. The van der Waals surface area contributed by atoms with E-state index in [0.29, 0.717) is 13.1 Å². The number of anilines is 1. The van der Waals surface area contributed by atoms with Gasteiger partial charge in [-0.2, -0.15) is 0 Å². The number of nitrogens with one attached hydrogen (secondary N) is 2. The van der Waals surface area contributed by atoms with Gasteiger partial charge < -0.3 is 10.6 Å². The van der Waals surface area contributed by atoms with E-state index < -0.39 is 0 Å². The van der Waals surface area contributed by atoms with Crippen molar-refractivity contribution >= 4 is 44.8 Å². The molecule has 0 atom stereocenters. The molecule has 1 aromatic carbocycles. The highest BCUT2D eigenvalue weighted by Crippen LogP contribution is 2.23. The first-order valence-corrected chi connectivity index (χ1v) is 11.3. The summed E-state index contributed by atoms with van der Waals surface area (Å²) < 4.78 is 0.888. The van der Waals surface area contributed by atoms with E-state index in [0.717, 1.165) is 48.1 Å². The molecule has 1 saturated heterocycles. The van der Waals surface area contributed by atoms with Crippen molar-refractivity contribution in [3.8, 4) is 0 Å². The summed E-state index contributed by atoms with van der Waals surface area (Å²) in [5.41, 5.74) is 1.93. The van der Waals surface area contributed by atoms with Gasteiger partial charge in [-0.3, -0.25) is 14.5 Å². The van der Waals surface area contributed by atoms with Crippen LogP contribution in [0.2, 0.25) is 0 Å². The molecule has 1 fully saturated rings. The molecule has 1 aliphatic rings. The summed E-state index contributed by atoms with van der Waals surface area (Å²) in [6.07, 6.45) is 2.48. The summed E-state index contributed by atoms with van der Waals surface area (Å²) in [5.74, 6) is 0.168. The molecule has 3 rings (SSSR count). The topological polar surface area (TPSA) is 61.4 Å². The van der Waals surface area contributed by atoms with Crippen LogP contribution in [0.3, 0.4) is 0 Å². The molecule has 1 aliphatic heterocycles. The number of hydrogen-bond acceptors (Lipinski definition) is 4. The Morgan fingerprint density at radius 2 is 2.04 bits per heavy atom. The molecule has 2 aromatic rings. The van der Waals surface area contributed by atoms with Gasteiger partial charge in [0, 0.05) is 21.8 Å². The molecular weight excluding hydrogens is 438 g/mol. The van der Waals surface area contributed by atoms with Crippen molar-refractivity contribution < 1.29 is 9.59 Å². The van der Waals surface area contributed by atoms with Gasteiger partial charge in [-0.05, 0) is 84.3 Å². The van der Waals surface area contributed by atoms with E-state index in [-0.39, 0.29) is 17.7 Å². The van der Waals surface area contributed by atoms with E-state index in [9.17, 15) is 9.59 Å². The quantitative estimate of drug-likeness (QED) is 0.655. The summed E-state index contributed by atoms with van der Waals surface area (Å²) in [6.45, 7) is 4.59. The Kier molecular flexibility index (Phi) is 7.65.